The molecule has 0 N–H and O–H groups in total. The lowest BCUT2D eigenvalue weighted by Gasteiger charge is -2.07. The van der Waals surface area contributed by atoms with Gasteiger partial charge in [-0.3, -0.25) is 14.9 Å². The summed E-state index contributed by atoms with van der Waals surface area (Å²) in [6.07, 6.45) is 0.125. The number of nitro groups is 1. The number of nitrogens with zero attached hydrogens (tertiary/aromatic N) is 2. The zero-order valence-electron chi connectivity index (χ0n) is 8.09. The van der Waals surface area contributed by atoms with E-state index in [4.69, 9.17) is 5.26 Å². The third-order valence-electron chi connectivity index (χ3n) is 1.79. The van der Waals surface area contributed by atoms with Gasteiger partial charge in [0.05, 0.1) is 22.1 Å². The van der Waals surface area contributed by atoms with Gasteiger partial charge in [-0.05, 0) is 0 Å². The highest BCUT2D eigenvalue weighted by Gasteiger charge is 2.19. The van der Waals surface area contributed by atoms with Gasteiger partial charge in [0, 0.05) is 6.07 Å². The topological polar surface area (TPSA) is 93.2 Å². The van der Waals surface area contributed by atoms with Gasteiger partial charge in [-0.15, -0.1) is 0 Å². The second-order valence-corrected chi connectivity index (χ2v) is 2.77. The molecule has 0 heterocycles. The fraction of sp³-hybridized carbons (Fsp3) is 0.111. The molecule has 88 valence electrons. The summed E-state index contributed by atoms with van der Waals surface area (Å²) in [4.78, 5) is 20.2. The molecule has 1 aromatic carbocycles. The van der Waals surface area contributed by atoms with E-state index in [1.165, 1.54) is 6.07 Å². The fourth-order valence-corrected chi connectivity index (χ4v) is 1.13. The van der Waals surface area contributed by atoms with E-state index in [9.17, 15) is 23.7 Å². The smallest absolute Gasteiger partial charge is 0.387 e. The second-order valence-electron chi connectivity index (χ2n) is 2.77. The molecule has 8 heteroatoms. The van der Waals surface area contributed by atoms with Crippen LogP contribution in [0.4, 0.5) is 14.5 Å². The third kappa shape index (κ3) is 2.72. The molecule has 6 nitrogen and oxygen atoms in total. The largest absolute Gasteiger partial charge is 0.434 e. The van der Waals surface area contributed by atoms with Crippen molar-refractivity contribution in [1.29, 1.82) is 5.26 Å². The van der Waals surface area contributed by atoms with E-state index in [-0.39, 0.29) is 6.29 Å². The lowest BCUT2D eigenvalue weighted by Crippen LogP contribution is -2.06. The molecule has 0 aliphatic heterocycles. The van der Waals surface area contributed by atoms with Gasteiger partial charge in [0.15, 0.2) is 6.29 Å². The van der Waals surface area contributed by atoms with E-state index >= 15 is 0 Å². The van der Waals surface area contributed by atoms with E-state index < -0.39 is 34.1 Å². The number of nitriles is 1. The third-order valence-corrected chi connectivity index (χ3v) is 1.79. The van der Waals surface area contributed by atoms with Crippen molar-refractivity contribution in [2.45, 2.75) is 6.61 Å². The first-order valence-corrected chi connectivity index (χ1v) is 4.12. The number of nitro benzene ring substituents is 1. The summed E-state index contributed by atoms with van der Waals surface area (Å²) in [5.74, 6) is -0.694. The van der Waals surface area contributed by atoms with Crippen molar-refractivity contribution in [3.8, 4) is 11.8 Å². The summed E-state index contributed by atoms with van der Waals surface area (Å²) >= 11 is 0. The molecule has 0 aliphatic rings. The molecule has 0 saturated heterocycles. The Morgan fingerprint density at radius 2 is 2.18 bits per heavy atom. The van der Waals surface area contributed by atoms with Crippen molar-refractivity contribution < 1.29 is 23.2 Å². The van der Waals surface area contributed by atoms with Crippen LogP contribution in [0.15, 0.2) is 12.1 Å². The van der Waals surface area contributed by atoms with Crippen LogP contribution in [0.1, 0.15) is 15.9 Å². The maximum Gasteiger partial charge on any atom is 0.387 e. The zero-order valence-corrected chi connectivity index (χ0v) is 8.09. The van der Waals surface area contributed by atoms with Gasteiger partial charge in [-0.25, -0.2) is 0 Å². The summed E-state index contributed by atoms with van der Waals surface area (Å²) in [6.45, 7) is -3.25. The summed E-state index contributed by atoms with van der Waals surface area (Å²) in [6, 6.07) is 2.97. The maximum absolute atomic E-state index is 12.0. The molecule has 0 aromatic heterocycles. The van der Waals surface area contributed by atoms with E-state index in [0.717, 1.165) is 6.07 Å². The van der Waals surface area contributed by atoms with E-state index in [0.29, 0.717) is 6.07 Å². The lowest BCUT2D eigenvalue weighted by atomic mass is 10.1. The van der Waals surface area contributed by atoms with Crippen LogP contribution in [0.5, 0.6) is 5.75 Å². The van der Waals surface area contributed by atoms with Crippen molar-refractivity contribution in [2.24, 2.45) is 0 Å². The van der Waals surface area contributed by atoms with Crippen molar-refractivity contribution in [3.63, 3.8) is 0 Å². The Morgan fingerprint density at radius 3 is 2.59 bits per heavy atom. The lowest BCUT2D eigenvalue weighted by molar-refractivity contribution is -0.385. The molecule has 1 aromatic rings. The molecule has 0 radical (unpaired) electrons. The number of aldehydes is 1. The summed E-state index contributed by atoms with van der Waals surface area (Å²) in [5, 5.41) is 19.1. The Balaban J connectivity index is 3.43. The molecule has 0 amide bonds. The number of carbonyl (C=O) groups is 1. The summed E-state index contributed by atoms with van der Waals surface area (Å²) in [7, 11) is 0. The van der Waals surface area contributed by atoms with Gasteiger partial charge < -0.3 is 4.74 Å². The molecular weight excluding hydrogens is 238 g/mol. The minimum absolute atomic E-state index is 0.125. The monoisotopic (exact) mass is 242 g/mol. The zero-order chi connectivity index (χ0) is 13.0. The highest BCUT2D eigenvalue weighted by molar-refractivity contribution is 5.84. The molecule has 0 saturated carbocycles. The number of halogens is 2. The Hall–Kier alpha value is -2.56. The molecule has 0 aliphatic carbocycles. The number of ether oxygens (including phenoxy) is 1. The average Bonchev–Trinajstić information content (AvgIpc) is 2.26. The SMILES string of the molecule is N#Cc1cc([N+](=O)[O-])cc(OC(F)F)c1C=O. The molecule has 0 fully saturated rings. The summed E-state index contributed by atoms with van der Waals surface area (Å²) in [5.41, 5.74) is -1.45. The first-order chi connectivity index (χ1) is 7.99. The first kappa shape index (κ1) is 12.5. The summed E-state index contributed by atoms with van der Waals surface area (Å²) < 4.78 is 28.0. The number of non-ortho nitro benzene ring substituents is 1. The highest BCUT2D eigenvalue weighted by Crippen LogP contribution is 2.28. The molecule has 0 spiro atoms. The number of hydrogen-bond donors (Lipinski definition) is 0. The minimum Gasteiger partial charge on any atom is -0.434 e. The quantitative estimate of drug-likeness (QED) is 0.456. The van der Waals surface area contributed by atoms with Crippen LogP contribution in [0.25, 0.3) is 0 Å². The van der Waals surface area contributed by atoms with E-state index in [1.54, 1.807) is 0 Å². The van der Waals surface area contributed by atoms with E-state index in [1.807, 2.05) is 0 Å². The van der Waals surface area contributed by atoms with Gasteiger partial charge in [0.1, 0.15) is 11.8 Å². The number of hydrogen-bond acceptors (Lipinski definition) is 5. The predicted octanol–water partition coefficient (Wildman–Crippen LogP) is 1.88. The van der Waals surface area contributed by atoms with Gasteiger partial charge >= 0.3 is 6.61 Å². The van der Waals surface area contributed by atoms with Crippen LogP contribution in [0.2, 0.25) is 0 Å². The molecular formula is C9H4F2N2O4. The minimum atomic E-state index is -3.25. The van der Waals surface area contributed by atoms with Crippen LogP contribution in [0.3, 0.4) is 0 Å². The Labute approximate surface area is 93.2 Å². The Bertz CT molecular complexity index is 510. The van der Waals surface area contributed by atoms with E-state index in [2.05, 4.69) is 4.74 Å². The number of carbonyl (C=O) groups excluding carboxylic acids is 1. The Kier molecular flexibility index (Phi) is 3.66. The fourth-order valence-electron chi connectivity index (χ4n) is 1.13. The van der Waals surface area contributed by atoms with Crippen LogP contribution >= 0.6 is 0 Å². The van der Waals surface area contributed by atoms with Crippen molar-refractivity contribution in [3.05, 3.63) is 33.4 Å². The van der Waals surface area contributed by atoms with Crippen molar-refractivity contribution in [2.75, 3.05) is 0 Å². The van der Waals surface area contributed by atoms with Crippen molar-refractivity contribution in [1.82, 2.24) is 0 Å². The second kappa shape index (κ2) is 4.98. The molecule has 0 bridgehead atoms. The van der Waals surface area contributed by atoms with Crippen LogP contribution in [-0.4, -0.2) is 17.8 Å². The molecule has 0 atom stereocenters. The normalized spacial score (nSPS) is 9.76. The van der Waals surface area contributed by atoms with Crippen molar-refractivity contribution >= 4 is 12.0 Å². The standard InChI is InChI=1S/C9H4F2N2O4/c10-9(11)17-8-2-6(13(15)16)1-5(3-12)7(8)4-14/h1-2,4,9H. The molecule has 1 rings (SSSR count). The first-order valence-electron chi connectivity index (χ1n) is 4.12. The highest BCUT2D eigenvalue weighted by atomic mass is 19.3. The Morgan fingerprint density at radius 1 is 1.53 bits per heavy atom. The number of benzene rings is 1. The van der Waals surface area contributed by atoms with Gasteiger partial charge in [-0.1, -0.05) is 0 Å². The van der Waals surface area contributed by atoms with Gasteiger partial charge in [-0.2, -0.15) is 14.0 Å². The van der Waals surface area contributed by atoms with Gasteiger partial charge in [0.25, 0.3) is 5.69 Å². The number of alkyl halides is 2. The predicted molar refractivity (Wildman–Crippen MR) is 49.8 cm³/mol. The molecule has 0 unspecified atom stereocenters. The maximum atomic E-state index is 12.0. The average molecular weight is 242 g/mol. The van der Waals surface area contributed by atoms with Crippen LogP contribution in [-0.2, 0) is 0 Å². The molecule has 17 heavy (non-hydrogen) atoms. The number of rotatable bonds is 4. The van der Waals surface area contributed by atoms with Crippen LogP contribution < -0.4 is 4.74 Å². The van der Waals surface area contributed by atoms with Crippen LogP contribution in [0, 0.1) is 21.4 Å². The van der Waals surface area contributed by atoms with Gasteiger partial charge in [0.2, 0.25) is 0 Å².